The lowest BCUT2D eigenvalue weighted by Crippen LogP contribution is -1.99. The number of anilines is 1. The number of terminal acetylenes is 1. The van der Waals surface area contributed by atoms with E-state index >= 15 is 0 Å². The van der Waals surface area contributed by atoms with Crippen LogP contribution in [-0.4, -0.2) is 23.6 Å². The van der Waals surface area contributed by atoms with Crippen molar-refractivity contribution in [2.45, 2.75) is 6.92 Å². The van der Waals surface area contributed by atoms with Crippen molar-refractivity contribution in [1.29, 1.82) is 0 Å². The molecule has 3 rings (SSSR count). The molecular formula is C19H17N3O. The molecule has 0 fully saturated rings. The van der Waals surface area contributed by atoms with Gasteiger partial charge in [0, 0.05) is 11.3 Å². The Morgan fingerprint density at radius 2 is 1.87 bits per heavy atom. The normalized spacial score (nSPS) is 10.3. The van der Waals surface area contributed by atoms with E-state index < -0.39 is 0 Å². The SMILES string of the molecule is C#CCNc1ccc2nc(C)c(-c3ccc(OC)cc3)nc2c1. The molecule has 0 saturated heterocycles. The van der Waals surface area contributed by atoms with Gasteiger partial charge in [0.15, 0.2) is 0 Å². The van der Waals surface area contributed by atoms with Gasteiger partial charge in [0.25, 0.3) is 0 Å². The van der Waals surface area contributed by atoms with Crippen molar-refractivity contribution in [3.8, 4) is 29.4 Å². The summed E-state index contributed by atoms with van der Waals surface area (Å²) in [5.74, 6) is 3.38. The number of hydrogen-bond acceptors (Lipinski definition) is 4. The van der Waals surface area contributed by atoms with Crippen LogP contribution in [0, 0.1) is 19.3 Å². The quantitative estimate of drug-likeness (QED) is 0.747. The number of hydrogen-bond donors (Lipinski definition) is 1. The Kier molecular flexibility index (Phi) is 4.11. The number of methoxy groups -OCH3 is 1. The first-order chi connectivity index (χ1) is 11.2. The van der Waals surface area contributed by atoms with E-state index in [2.05, 4.69) is 16.2 Å². The van der Waals surface area contributed by atoms with Gasteiger partial charge in [-0.2, -0.15) is 0 Å². The predicted octanol–water partition coefficient (Wildman–Crippen LogP) is 3.66. The van der Waals surface area contributed by atoms with E-state index in [0.29, 0.717) is 6.54 Å². The predicted molar refractivity (Wildman–Crippen MR) is 93.6 cm³/mol. The van der Waals surface area contributed by atoms with E-state index in [1.165, 1.54) is 0 Å². The first-order valence-electron chi connectivity index (χ1n) is 7.31. The van der Waals surface area contributed by atoms with E-state index in [0.717, 1.165) is 39.4 Å². The Balaban J connectivity index is 2.05. The summed E-state index contributed by atoms with van der Waals surface area (Å²) >= 11 is 0. The van der Waals surface area contributed by atoms with Crippen LogP contribution in [0.25, 0.3) is 22.3 Å². The molecule has 0 aliphatic heterocycles. The van der Waals surface area contributed by atoms with Gasteiger partial charge in [-0.3, -0.25) is 0 Å². The molecule has 0 aliphatic carbocycles. The Hall–Kier alpha value is -3.06. The number of aromatic nitrogens is 2. The number of fused-ring (bicyclic) bond motifs is 1. The lowest BCUT2D eigenvalue weighted by atomic mass is 10.1. The van der Waals surface area contributed by atoms with Gasteiger partial charge in [0.2, 0.25) is 0 Å². The van der Waals surface area contributed by atoms with Crippen LogP contribution in [-0.2, 0) is 0 Å². The van der Waals surface area contributed by atoms with E-state index in [1.807, 2.05) is 49.4 Å². The summed E-state index contributed by atoms with van der Waals surface area (Å²) < 4.78 is 5.20. The maximum atomic E-state index is 5.28. The lowest BCUT2D eigenvalue weighted by molar-refractivity contribution is 0.415. The second-order valence-corrected chi connectivity index (χ2v) is 5.15. The van der Waals surface area contributed by atoms with Crippen molar-refractivity contribution >= 4 is 16.7 Å². The van der Waals surface area contributed by atoms with Crippen molar-refractivity contribution in [1.82, 2.24) is 9.97 Å². The van der Waals surface area contributed by atoms with Gasteiger partial charge in [-0.05, 0) is 49.4 Å². The molecule has 4 nitrogen and oxygen atoms in total. The largest absolute Gasteiger partial charge is 0.497 e. The number of ether oxygens (including phenoxy) is 1. The molecule has 2 aromatic carbocycles. The summed E-state index contributed by atoms with van der Waals surface area (Å²) in [5.41, 5.74) is 5.42. The smallest absolute Gasteiger partial charge is 0.118 e. The highest BCUT2D eigenvalue weighted by molar-refractivity contribution is 5.81. The molecule has 0 spiro atoms. The molecule has 0 amide bonds. The summed E-state index contributed by atoms with van der Waals surface area (Å²) in [4.78, 5) is 9.43. The van der Waals surface area contributed by atoms with Crippen LogP contribution in [0.15, 0.2) is 42.5 Å². The molecular weight excluding hydrogens is 286 g/mol. The number of benzene rings is 2. The Labute approximate surface area is 135 Å². The molecule has 23 heavy (non-hydrogen) atoms. The third-order valence-electron chi connectivity index (χ3n) is 3.60. The number of aryl methyl sites for hydroxylation is 1. The second-order valence-electron chi connectivity index (χ2n) is 5.15. The van der Waals surface area contributed by atoms with Gasteiger partial charge in [-0.15, -0.1) is 6.42 Å². The minimum absolute atomic E-state index is 0.482. The fraction of sp³-hybridized carbons (Fsp3) is 0.158. The lowest BCUT2D eigenvalue weighted by Gasteiger charge is -2.09. The maximum absolute atomic E-state index is 5.28. The molecule has 0 unspecified atom stereocenters. The molecule has 1 heterocycles. The Morgan fingerprint density at radius 3 is 2.57 bits per heavy atom. The zero-order chi connectivity index (χ0) is 16.2. The fourth-order valence-electron chi connectivity index (χ4n) is 2.43. The highest BCUT2D eigenvalue weighted by atomic mass is 16.5. The molecule has 3 aromatic rings. The zero-order valence-electron chi connectivity index (χ0n) is 13.1. The van der Waals surface area contributed by atoms with Gasteiger partial charge in [0.05, 0.1) is 36.1 Å². The molecule has 0 radical (unpaired) electrons. The average Bonchev–Trinajstić information content (AvgIpc) is 2.59. The molecule has 1 aromatic heterocycles. The van der Waals surface area contributed by atoms with Gasteiger partial charge in [-0.25, -0.2) is 9.97 Å². The van der Waals surface area contributed by atoms with E-state index in [4.69, 9.17) is 16.1 Å². The van der Waals surface area contributed by atoms with Crippen LogP contribution in [0.4, 0.5) is 5.69 Å². The first kappa shape index (κ1) is 14.9. The summed E-state index contributed by atoms with van der Waals surface area (Å²) in [6.07, 6.45) is 5.28. The number of rotatable bonds is 4. The van der Waals surface area contributed by atoms with Crippen LogP contribution in [0.5, 0.6) is 5.75 Å². The van der Waals surface area contributed by atoms with Crippen molar-refractivity contribution < 1.29 is 4.74 Å². The monoisotopic (exact) mass is 303 g/mol. The molecule has 0 atom stereocenters. The molecule has 4 heteroatoms. The fourth-order valence-corrected chi connectivity index (χ4v) is 2.43. The average molecular weight is 303 g/mol. The van der Waals surface area contributed by atoms with Crippen molar-refractivity contribution in [2.24, 2.45) is 0 Å². The number of nitrogens with one attached hydrogen (secondary N) is 1. The van der Waals surface area contributed by atoms with Crippen LogP contribution in [0.3, 0.4) is 0 Å². The second kappa shape index (κ2) is 6.37. The zero-order valence-corrected chi connectivity index (χ0v) is 13.1. The van der Waals surface area contributed by atoms with Crippen LogP contribution in [0.1, 0.15) is 5.69 Å². The van der Waals surface area contributed by atoms with Crippen LogP contribution >= 0.6 is 0 Å². The Morgan fingerprint density at radius 1 is 1.09 bits per heavy atom. The van der Waals surface area contributed by atoms with Crippen molar-refractivity contribution in [3.05, 3.63) is 48.2 Å². The molecule has 0 bridgehead atoms. The van der Waals surface area contributed by atoms with E-state index in [1.54, 1.807) is 7.11 Å². The maximum Gasteiger partial charge on any atom is 0.118 e. The van der Waals surface area contributed by atoms with Crippen molar-refractivity contribution in [2.75, 3.05) is 19.0 Å². The Bertz CT molecular complexity index is 879. The van der Waals surface area contributed by atoms with Crippen LogP contribution < -0.4 is 10.1 Å². The van der Waals surface area contributed by atoms with Gasteiger partial charge >= 0.3 is 0 Å². The summed E-state index contributed by atoms with van der Waals surface area (Å²) in [7, 11) is 1.65. The van der Waals surface area contributed by atoms with Gasteiger partial charge in [-0.1, -0.05) is 5.92 Å². The third-order valence-corrected chi connectivity index (χ3v) is 3.60. The molecule has 0 saturated carbocycles. The molecule has 114 valence electrons. The van der Waals surface area contributed by atoms with E-state index in [-0.39, 0.29) is 0 Å². The van der Waals surface area contributed by atoms with E-state index in [9.17, 15) is 0 Å². The van der Waals surface area contributed by atoms with Gasteiger partial charge in [0.1, 0.15) is 5.75 Å². The minimum Gasteiger partial charge on any atom is -0.497 e. The summed E-state index contributed by atoms with van der Waals surface area (Å²) in [6.45, 7) is 2.45. The third kappa shape index (κ3) is 3.09. The topological polar surface area (TPSA) is 47.0 Å². The summed E-state index contributed by atoms with van der Waals surface area (Å²) in [6, 6.07) is 13.7. The summed E-state index contributed by atoms with van der Waals surface area (Å²) in [5, 5.41) is 3.15. The minimum atomic E-state index is 0.482. The standard InChI is InChI=1S/C19H17N3O/c1-4-11-20-15-7-10-17-18(12-15)22-19(13(2)21-17)14-5-8-16(23-3)9-6-14/h1,5-10,12,20H,11H2,2-3H3. The molecule has 0 aliphatic rings. The highest BCUT2D eigenvalue weighted by Crippen LogP contribution is 2.26. The van der Waals surface area contributed by atoms with Gasteiger partial charge < -0.3 is 10.1 Å². The molecule has 1 N–H and O–H groups in total. The van der Waals surface area contributed by atoms with Crippen molar-refractivity contribution in [3.63, 3.8) is 0 Å². The highest BCUT2D eigenvalue weighted by Gasteiger charge is 2.08. The first-order valence-corrected chi connectivity index (χ1v) is 7.31. The number of nitrogens with zero attached hydrogens (tertiary/aromatic N) is 2. The van der Waals surface area contributed by atoms with Crippen LogP contribution in [0.2, 0.25) is 0 Å².